The van der Waals surface area contributed by atoms with Gasteiger partial charge in [-0.05, 0) is 18.1 Å². The van der Waals surface area contributed by atoms with Gasteiger partial charge in [-0.3, -0.25) is 14.7 Å². The summed E-state index contributed by atoms with van der Waals surface area (Å²) in [6.45, 7) is 1.73. The van der Waals surface area contributed by atoms with Crippen LogP contribution in [0, 0.1) is 5.92 Å². The maximum Gasteiger partial charge on any atom is 0.220 e. The van der Waals surface area contributed by atoms with E-state index in [4.69, 9.17) is 5.73 Å². The number of carbonyl (C=O) groups excluding carboxylic acids is 2. The van der Waals surface area contributed by atoms with Gasteiger partial charge >= 0.3 is 0 Å². The summed E-state index contributed by atoms with van der Waals surface area (Å²) in [5.74, 6) is -0.855. The number of fused-ring (bicyclic) bond motifs is 1. The minimum atomic E-state index is -0.392. The predicted molar refractivity (Wildman–Crippen MR) is 100 cm³/mol. The van der Waals surface area contributed by atoms with E-state index in [1.54, 1.807) is 6.92 Å². The average Bonchev–Trinajstić information content (AvgIpc) is 3.08. The second-order valence-corrected chi connectivity index (χ2v) is 6.41. The fourth-order valence-electron chi connectivity index (χ4n) is 2.89. The number of aromatic nitrogens is 2. The monoisotopic (exact) mass is 350 g/mol. The van der Waals surface area contributed by atoms with Crippen molar-refractivity contribution in [2.75, 3.05) is 0 Å². The summed E-state index contributed by atoms with van der Waals surface area (Å²) in [6, 6.07) is 17.2. The van der Waals surface area contributed by atoms with Gasteiger partial charge in [-0.15, -0.1) is 0 Å². The van der Waals surface area contributed by atoms with Crippen LogP contribution in [0.3, 0.4) is 0 Å². The first-order valence-corrected chi connectivity index (χ1v) is 8.63. The van der Waals surface area contributed by atoms with Crippen molar-refractivity contribution in [1.82, 2.24) is 15.5 Å². The Labute approximate surface area is 151 Å². The van der Waals surface area contributed by atoms with Gasteiger partial charge in [0.1, 0.15) is 0 Å². The number of nitrogens with one attached hydrogen (secondary N) is 2. The quantitative estimate of drug-likeness (QED) is 0.610. The molecular formula is C20H22N4O2. The Morgan fingerprint density at radius 2 is 1.81 bits per heavy atom. The van der Waals surface area contributed by atoms with Gasteiger partial charge < -0.3 is 11.1 Å². The number of nitrogens with zero attached hydrogens (tertiary/aromatic N) is 1. The molecule has 1 aromatic heterocycles. The summed E-state index contributed by atoms with van der Waals surface area (Å²) in [5, 5.41) is 11.4. The Bertz CT molecular complexity index is 904. The predicted octanol–water partition coefficient (Wildman–Crippen LogP) is 2.67. The number of carbonyl (C=O) groups is 2. The molecule has 3 aromatic rings. The number of aromatic amines is 1. The highest BCUT2D eigenvalue weighted by Crippen LogP contribution is 2.27. The molecule has 6 nitrogen and oxygen atoms in total. The van der Waals surface area contributed by atoms with Gasteiger partial charge in [0.15, 0.2) is 0 Å². The van der Waals surface area contributed by atoms with Crippen LogP contribution in [0.4, 0.5) is 0 Å². The van der Waals surface area contributed by atoms with Crippen LogP contribution in [0.15, 0.2) is 54.6 Å². The fourth-order valence-corrected chi connectivity index (χ4v) is 2.89. The lowest BCUT2D eigenvalue weighted by Crippen LogP contribution is -2.30. The number of rotatable bonds is 7. The maximum atomic E-state index is 12.5. The minimum absolute atomic E-state index is 0.134. The highest BCUT2D eigenvalue weighted by atomic mass is 16.2. The molecule has 0 bridgehead atoms. The smallest absolute Gasteiger partial charge is 0.220 e. The van der Waals surface area contributed by atoms with Crippen LogP contribution < -0.4 is 11.1 Å². The lowest BCUT2D eigenvalue weighted by Gasteiger charge is -2.19. The van der Waals surface area contributed by atoms with Gasteiger partial charge in [0.05, 0.1) is 17.3 Å². The second kappa shape index (κ2) is 7.82. The third kappa shape index (κ3) is 3.91. The Morgan fingerprint density at radius 1 is 1.12 bits per heavy atom. The summed E-state index contributed by atoms with van der Waals surface area (Å²) in [5.41, 5.74) is 7.91. The first-order chi connectivity index (χ1) is 12.6. The molecule has 0 saturated carbocycles. The number of hydrogen-bond donors (Lipinski definition) is 3. The van der Waals surface area contributed by atoms with Crippen molar-refractivity contribution in [1.29, 1.82) is 0 Å². The van der Waals surface area contributed by atoms with Gasteiger partial charge in [-0.2, -0.15) is 5.10 Å². The molecule has 134 valence electrons. The van der Waals surface area contributed by atoms with Crippen molar-refractivity contribution >= 4 is 22.7 Å². The summed E-state index contributed by atoms with van der Waals surface area (Å²) < 4.78 is 0. The van der Waals surface area contributed by atoms with E-state index < -0.39 is 5.91 Å². The van der Waals surface area contributed by atoms with Gasteiger partial charge in [0.25, 0.3) is 0 Å². The third-order valence-electron chi connectivity index (χ3n) is 4.51. The second-order valence-electron chi connectivity index (χ2n) is 6.41. The molecule has 2 unspecified atom stereocenters. The molecule has 2 amide bonds. The summed E-state index contributed by atoms with van der Waals surface area (Å²) in [4.78, 5) is 23.7. The Hall–Kier alpha value is -3.15. The van der Waals surface area contributed by atoms with E-state index in [1.807, 2.05) is 54.6 Å². The highest BCUT2D eigenvalue weighted by molar-refractivity contribution is 5.84. The first-order valence-electron chi connectivity index (χ1n) is 8.63. The largest absolute Gasteiger partial charge is 0.369 e. The molecule has 4 N–H and O–H groups in total. The normalized spacial score (nSPS) is 13.3. The SMILES string of the molecule is CC(CCC(=O)NC(c1ccccc1)c1[nH]nc2ccccc12)C(N)=O. The number of hydrogen-bond acceptors (Lipinski definition) is 3. The highest BCUT2D eigenvalue weighted by Gasteiger charge is 2.21. The Morgan fingerprint density at radius 3 is 2.54 bits per heavy atom. The van der Waals surface area contributed by atoms with Gasteiger partial charge in [-0.1, -0.05) is 55.5 Å². The van der Waals surface area contributed by atoms with Crippen molar-refractivity contribution in [2.24, 2.45) is 11.7 Å². The Balaban J connectivity index is 1.85. The first kappa shape index (κ1) is 17.7. The molecule has 0 saturated heterocycles. The van der Waals surface area contributed by atoms with Gasteiger partial charge in [0.2, 0.25) is 11.8 Å². The van der Waals surface area contributed by atoms with Crippen LogP contribution in [0.5, 0.6) is 0 Å². The van der Waals surface area contributed by atoms with E-state index in [-0.39, 0.29) is 24.3 Å². The lowest BCUT2D eigenvalue weighted by atomic mass is 10.00. The fraction of sp³-hybridized carbons (Fsp3) is 0.250. The van der Waals surface area contributed by atoms with E-state index in [0.717, 1.165) is 22.2 Å². The molecule has 0 aliphatic carbocycles. The van der Waals surface area contributed by atoms with Crippen LogP contribution in [-0.4, -0.2) is 22.0 Å². The van der Waals surface area contributed by atoms with E-state index in [0.29, 0.717) is 6.42 Å². The molecule has 26 heavy (non-hydrogen) atoms. The Kier molecular flexibility index (Phi) is 5.31. The summed E-state index contributed by atoms with van der Waals surface area (Å²) >= 11 is 0. The maximum absolute atomic E-state index is 12.5. The molecule has 2 atom stereocenters. The molecule has 0 aliphatic heterocycles. The zero-order valence-corrected chi connectivity index (χ0v) is 14.6. The zero-order valence-electron chi connectivity index (χ0n) is 14.6. The molecular weight excluding hydrogens is 328 g/mol. The molecule has 2 aromatic carbocycles. The van der Waals surface area contributed by atoms with E-state index in [9.17, 15) is 9.59 Å². The van der Waals surface area contributed by atoms with Gasteiger partial charge in [-0.25, -0.2) is 0 Å². The number of primary amides is 1. The van der Waals surface area contributed by atoms with Crippen LogP contribution in [0.25, 0.3) is 10.9 Å². The standard InChI is InChI=1S/C20H22N4O2/c1-13(20(21)26)11-12-17(25)22-18(14-7-3-2-4-8-14)19-15-9-5-6-10-16(15)23-24-19/h2-10,13,18H,11-12H2,1H3,(H2,21,26)(H,22,25)(H,23,24). The third-order valence-corrected chi connectivity index (χ3v) is 4.51. The number of para-hydroxylation sites is 1. The summed E-state index contributed by atoms with van der Waals surface area (Å²) in [6.07, 6.45) is 0.659. The van der Waals surface area contributed by atoms with Crippen molar-refractivity contribution < 1.29 is 9.59 Å². The zero-order chi connectivity index (χ0) is 18.5. The molecule has 0 spiro atoms. The molecule has 0 aliphatic rings. The van der Waals surface area contributed by atoms with Crippen LogP contribution in [0.2, 0.25) is 0 Å². The van der Waals surface area contributed by atoms with Crippen LogP contribution in [-0.2, 0) is 9.59 Å². The molecule has 6 heteroatoms. The van der Waals surface area contributed by atoms with E-state index in [1.165, 1.54) is 0 Å². The molecule has 0 fully saturated rings. The number of H-pyrrole nitrogens is 1. The van der Waals surface area contributed by atoms with Crippen molar-refractivity contribution in [3.8, 4) is 0 Å². The molecule has 0 radical (unpaired) electrons. The lowest BCUT2D eigenvalue weighted by molar-refractivity contribution is -0.123. The number of benzene rings is 2. The average molecular weight is 350 g/mol. The van der Waals surface area contributed by atoms with Gasteiger partial charge in [0, 0.05) is 17.7 Å². The topological polar surface area (TPSA) is 101 Å². The molecule has 1 heterocycles. The number of nitrogens with two attached hydrogens (primary N) is 1. The van der Waals surface area contributed by atoms with Crippen molar-refractivity contribution in [3.63, 3.8) is 0 Å². The molecule has 3 rings (SSSR count). The van der Waals surface area contributed by atoms with E-state index in [2.05, 4.69) is 15.5 Å². The van der Waals surface area contributed by atoms with E-state index >= 15 is 0 Å². The van der Waals surface area contributed by atoms with Crippen molar-refractivity contribution in [2.45, 2.75) is 25.8 Å². The van der Waals surface area contributed by atoms with Crippen LogP contribution >= 0.6 is 0 Å². The minimum Gasteiger partial charge on any atom is -0.369 e. The van der Waals surface area contributed by atoms with Crippen LogP contribution in [0.1, 0.15) is 37.1 Å². The summed E-state index contributed by atoms with van der Waals surface area (Å²) in [7, 11) is 0. The number of amides is 2. The van der Waals surface area contributed by atoms with Crippen molar-refractivity contribution in [3.05, 3.63) is 65.9 Å².